The number of rotatable bonds is 2. The average Bonchev–Trinajstić information content (AvgIpc) is 3.07. The van der Waals surface area contributed by atoms with Crippen LogP contribution in [-0.2, 0) is 6.42 Å². The molecule has 0 saturated heterocycles. The van der Waals surface area contributed by atoms with E-state index in [1.807, 2.05) is 32.0 Å². The Morgan fingerprint density at radius 3 is 3.00 bits per heavy atom. The van der Waals surface area contributed by atoms with Crippen molar-refractivity contribution < 1.29 is 4.74 Å². The van der Waals surface area contributed by atoms with E-state index >= 15 is 0 Å². The first-order valence-electron chi connectivity index (χ1n) is 7.67. The van der Waals surface area contributed by atoms with Crippen molar-refractivity contribution in [3.63, 3.8) is 0 Å². The highest BCUT2D eigenvalue weighted by Crippen LogP contribution is 2.43. The minimum atomic E-state index is -0.165. The van der Waals surface area contributed by atoms with Crippen LogP contribution in [0.5, 0.6) is 5.75 Å². The van der Waals surface area contributed by atoms with Crippen LogP contribution in [0.1, 0.15) is 25.5 Å². The lowest BCUT2D eigenvalue weighted by molar-refractivity contribution is 0.326. The molecule has 0 amide bonds. The number of benzene rings is 1. The molecule has 4 rings (SSSR count). The third-order valence-corrected chi connectivity index (χ3v) is 5.22. The second-order valence-electron chi connectivity index (χ2n) is 5.88. The molecule has 3 heterocycles. The van der Waals surface area contributed by atoms with Crippen molar-refractivity contribution in [2.45, 2.75) is 26.3 Å². The van der Waals surface area contributed by atoms with Crippen molar-refractivity contribution in [3.05, 3.63) is 46.4 Å². The quantitative estimate of drug-likeness (QED) is 0.784. The van der Waals surface area contributed by atoms with Crippen LogP contribution in [0, 0.1) is 0 Å². The molecule has 1 aliphatic rings. The number of para-hydroxylation sites is 1. The molecule has 6 heteroatoms. The van der Waals surface area contributed by atoms with Crippen LogP contribution in [0.25, 0.3) is 21.1 Å². The summed E-state index contributed by atoms with van der Waals surface area (Å²) >= 11 is 1.67. The number of thiophene rings is 1. The maximum Gasteiger partial charge on any atom is 0.343 e. The molecule has 23 heavy (non-hydrogen) atoms. The van der Waals surface area contributed by atoms with Gasteiger partial charge in [0.25, 0.3) is 0 Å². The molecule has 0 unspecified atom stereocenters. The van der Waals surface area contributed by atoms with E-state index in [-0.39, 0.29) is 11.7 Å². The molecule has 0 fully saturated rings. The van der Waals surface area contributed by atoms with E-state index in [1.54, 1.807) is 15.9 Å². The molecule has 1 N–H and O–H groups in total. The number of hydrogen-bond acceptors (Lipinski definition) is 4. The molecule has 0 aliphatic carbocycles. The molecular weight excluding hydrogens is 310 g/mol. The largest absolute Gasteiger partial charge is 0.493 e. The summed E-state index contributed by atoms with van der Waals surface area (Å²) in [6, 6.07) is 10.3. The summed E-state index contributed by atoms with van der Waals surface area (Å²) in [7, 11) is 0. The monoisotopic (exact) mass is 327 g/mol. The van der Waals surface area contributed by atoms with Crippen LogP contribution >= 0.6 is 11.3 Å². The molecule has 0 spiro atoms. The summed E-state index contributed by atoms with van der Waals surface area (Å²) in [6.45, 7) is 4.64. The summed E-state index contributed by atoms with van der Waals surface area (Å²) in [5, 5.41) is 6.80. The van der Waals surface area contributed by atoms with E-state index < -0.39 is 0 Å². The van der Waals surface area contributed by atoms with E-state index in [2.05, 4.69) is 22.3 Å². The molecule has 3 aromatic rings. The molecule has 118 valence electrons. The first kappa shape index (κ1) is 14.3. The number of hydrogen-bond donors (Lipinski definition) is 1. The summed E-state index contributed by atoms with van der Waals surface area (Å²) in [6.07, 6.45) is 0.858. The predicted octanol–water partition coefficient (Wildman–Crippen LogP) is 3.48. The molecule has 2 aromatic heterocycles. The Balaban J connectivity index is 1.89. The molecule has 0 atom stereocenters. The first-order valence-corrected chi connectivity index (χ1v) is 8.49. The summed E-state index contributed by atoms with van der Waals surface area (Å²) in [5.41, 5.74) is 2.20. The van der Waals surface area contributed by atoms with Crippen LogP contribution < -0.4 is 10.4 Å². The minimum Gasteiger partial charge on any atom is -0.493 e. The second-order valence-corrected chi connectivity index (χ2v) is 6.93. The van der Waals surface area contributed by atoms with Gasteiger partial charge in [-0.05, 0) is 37.6 Å². The van der Waals surface area contributed by atoms with Gasteiger partial charge in [0, 0.05) is 22.9 Å². The number of nitrogens with one attached hydrogen (secondary N) is 1. The van der Waals surface area contributed by atoms with Crippen molar-refractivity contribution in [2.75, 3.05) is 6.61 Å². The molecular formula is C17H17N3O2S. The molecule has 1 aliphatic heterocycles. The zero-order valence-corrected chi connectivity index (χ0v) is 13.8. The second kappa shape index (κ2) is 5.38. The standard InChI is InChI=1S/C17H17N3O2S/c1-10(2)20-16(18-19-17(20)21)14-9-11-7-8-22-13-6-4-3-5-12(13)15(11)23-14/h3-6,9-10H,7-8H2,1-2H3,(H,19,21). The van der Waals surface area contributed by atoms with E-state index in [1.165, 1.54) is 10.4 Å². The van der Waals surface area contributed by atoms with E-state index in [9.17, 15) is 4.79 Å². The normalized spacial score (nSPS) is 13.3. The number of aromatic amines is 1. The Morgan fingerprint density at radius 1 is 1.35 bits per heavy atom. The minimum absolute atomic E-state index is 0.0637. The lowest BCUT2D eigenvalue weighted by Gasteiger charge is -2.08. The predicted molar refractivity (Wildman–Crippen MR) is 91.2 cm³/mol. The highest BCUT2D eigenvalue weighted by molar-refractivity contribution is 7.19. The third kappa shape index (κ3) is 2.30. The first-order chi connectivity index (χ1) is 11.1. The van der Waals surface area contributed by atoms with Gasteiger partial charge in [0.2, 0.25) is 0 Å². The van der Waals surface area contributed by atoms with Crippen molar-refractivity contribution in [2.24, 2.45) is 0 Å². The van der Waals surface area contributed by atoms with Gasteiger partial charge in [-0.25, -0.2) is 9.89 Å². The summed E-state index contributed by atoms with van der Waals surface area (Å²) in [5.74, 6) is 1.63. The lowest BCUT2D eigenvalue weighted by atomic mass is 10.1. The number of aromatic nitrogens is 3. The molecule has 0 radical (unpaired) electrons. The van der Waals surface area contributed by atoms with Crippen LogP contribution in [0.3, 0.4) is 0 Å². The summed E-state index contributed by atoms with van der Waals surface area (Å²) in [4.78, 5) is 14.2. The van der Waals surface area contributed by atoms with Gasteiger partial charge in [-0.2, -0.15) is 5.10 Å². The highest BCUT2D eigenvalue weighted by atomic mass is 32.1. The average molecular weight is 327 g/mol. The lowest BCUT2D eigenvalue weighted by Crippen LogP contribution is -2.19. The van der Waals surface area contributed by atoms with Gasteiger partial charge in [-0.15, -0.1) is 11.3 Å². The van der Waals surface area contributed by atoms with Gasteiger partial charge in [0.15, 0.2) is 5.82 Å². The van der Waals surface area contributed by atoms with Crippen molar-refractivity contribution in [1.82, 2.24) is 14.8 Å². The Kier molecular flexibility index (Phi) is 3.34. The molecule has 5 nitrogen and oxygen atoms in total. The number of ether oxygens (including phenoxy) is 1. The van der Waals surface area contributed by atoms with E-state index in [0.29, 0.717) is 12.4 Å². The molecule has 1 aromatic carbocycles. The fourth-order valence-corrected chi connectivity index (χ4v) is 4.19. The van der Waals surface area contributed by atoms with Crippen molar-refractivity contribution in [1.29, 1.82) is 0 Å². The topological polar surface area (TPSA) is 59.9 Å². The molecule has 0 bridgehead atoms. The zero-order valence-electron chi connectivity index (χ0n) is 13.0. The Morgan fingerprint density at radius 2 is 2.17 bits per heavy atom. The third-order valence-electron chi connectivity index (χ3n) is 4.01. The van der Waals surface area contributed by atoms with Crippen LogP contribution in [0.4, 0.5) is 0 Å². The SMILES string of the molecule is CC(C)n1c(-c2cc3c(s2)-c2ccccc2OCC3)n[nH]c1=O. The molecule has 0 saturated carbocycles. The van der Waals surface area contributed by atoms with Crippen molar-refractivity contribution >= 4 is 11.3 Å². The fourth-order valence-electron chi connectivity index (χ4n) is 2.96. The summed E-state index contributed by atoms with van der Waals surface area (Å²) < 4.78 is 7.53. The van der Waals surface area contributed by atoms with Gasteiger partial charge >= 0.3 is 5.69 Å². The fraction of sp³-hybridized carbons (Fsp3) is 0.294. The smallest absolute Gasteiger partial charge is 0.343 e. The van der Waals surface area contributed by atoms with Gasteiger partial charge in [0.1, 0.15) is 5.75 Å². The van der Waals surface area contributed by atoms with Crippen LogP contribution in [0.2, 0.25) is 0 Å². The van der Waals surface area contributed by atoms with Gasteiger partial charge in [-0.3, -0.25) is 4.57 Å². The maximum absolute atomic E-state index is 12.0. The Bertz CT molecular complexity index is 920. The Hall–Kier alpha value is -2.34. The highest BCUT2D eigenvalue weighted by Gasteiger charge is 2.22. The van der Waals surface area contributed by atoms with E-state index in [4.69, 9.17) is 4.74 Å². The number of fused-ring (bicyclic) bond motifs is 3. The van der Waals surface area contributed by atoms with Gasteiger partial charge < -0.3 is 4.74 Å². The van der Waals surface area contributed by atoms with Gasteiger partial charge in [0.05, 0.1) is 11.5 Å². The number of H-pyrrole nitrogens is 1. The Labute approximate surface area is 137 Å². The van der Waals surface area contributed by atoms with Crippen LogP contribution in [0.15, 0.2) is 35.1 Å². The van der Waals surface area contributed by atoms with Crippen molar-refractivity contribution in [3.8, 4) is 26.9 Å². The number of nitrogens with zero attached hydrogens (tertiary/aromatic N) is 2. The van der Waals surface area contributed by atoms with E-state index in [0.717, 1.165) is 22.6 Å². The van der Waals surface area contributed by atoms with Gasteiger partial charge in [-0.1, -0.05) is 12.1 Å². The van der Waals surface area contributed by atoms with Crippen LogP contribution in [-0.4, -0.2) is 21.4 Å². The maximum atomic E-state index is 12.0. The zero-order chi connectivity index (χ0) is 16.0.